The minimum Gasteiger partial charge on any atom is -0.431 e. The smallest absolute Gasteiger partial charge is 0.417 e. The maximum absolute atomic E-state index is 12.8. The molecule has 14 heteroatoms. The molecule has 1 N–H and O–H groups in total. The standard InChI is InChI=1S/C19H9BrClF3N6O3/c20-11-3-4-13(14-10(11)2-1-5-25-14)33-18-15(30(31)32)17(27-8-28-18)29-16-12(21)6-9(7-26-16)19(22,23)24/h1-8H,(H,26,27,28,29). The topological polar surface area (TPSA) is 116 Å². The molecule has 0 radical (unpaired) electrons. The number of rotatable bonds is 5. The number of hydrogen-bond acceptors (Lipinski definition) is 8. The molecule has 0 aliphatic carbocycles. The van der Waals surface area contributed by atoms with Gasteiger partial charge in [-0.05, 0) is 24.3 Å². The second-order valence-electron chi connectivity index (χ2n) is 6.36. The average Bonchev–Trinajstić information content (AvgIpc) is 2.76. The number of anilines is 2. The van der Waals surface area contributed by atoms with E-state index in [1.165, 1.54) is 6.20 Å². The van der Waals surface area contributed by atoms with E-state index in [4.69, 9.17) is 16.3 Å². The first kappa shape index (κ1) is 22.6. The SMILES string of the molecule is O=[N+]([O-])c1c(Nc2ncc(C(F)(F)F)cc2Cl)ncnc1Oc1ccc(Br)c2cccnc12. The predicted molar refractivity (Wildman–Crippen MR) is 116 cm³/mol. The largest absolute Gasteiger partial charge is 0.431 e. The van der Waals surface area contributed by atoms with Crippen LogP contribution < -0.4 is 10.1 Å². The van der Waals surface area contributed by atoms with Gasteiger partial charge in [0.05, 0.1) is 15.5 Å². The van der Waals surface area contributed by atoms with Crippen LogP contribution in [0.5, 0.6) is 11.6 Å². The van der Waals surface area contributed by atoms with E-state index in [1.54, 1.807) is 24.3 Å². The molecular formula is C19H9BrClF3N6O3. The van der Waals surface area contributed by atoms with Gasteiger partial charge in [-0.3, -0.25) is 15.1 Å². The van der Waals surface area contributed by atoms with E-state index in [9.17, 15) is 23.3 Å². The molecule has 0 aliphatic rings. The van der Waals surface area contributed by atoms with Gasteiger partial charge in [-0.2, -0.15) is 18.2 Å². The van der Waals surface area contributed by atoms with Crippen LogP contribution in [0.25, 0.3) is 10.9 Å². The van der Waals surface area contributed by atoms with Crippen LogP contribution in [0.15, 0.2) is 53.5 Å². The van der Waals surface area contributed by atoms with Crippen LogP contribution in [-0.4, -0.2) is 24.9 Å². The van der Waals surface area contributed by atoms with Crippen molar-refractivity contribution in [3.05, 3.63) is 74.2 Å². The van der Waals surface area contributed by atoms with Crippen LogP contribution >= 0.6 is 27.5 Å². The highest BCUT2D eigenvalue weighted by atomic mass is 79.9. The van der Waals surface area contributed by atoms with Gasteiger partial charge in [0.2, 0.25) is 5.82 Å². The summed E-state index contributed by atoms with van der Waals surface area (Å²) in [4.78, 5) is 26.5. The molecule has 0 bridgehead atoms. The molecule has 0 spiro atoms. The van der Waals surface area contributed by atoms with E-state index in [1.807, 2.05) is 0 Å². The lowest BCUT2D eigenvalue weighted by molar-refractivity contribution is -0.385. The van der Waals surface area contributed by atoms with Gasteiger partial charge in [0.15, 0.2) is 11.6 Å². The summed E-state index contributed by atoms with van der Waals surface area (Å²) in [5.74, 6) is -0.885. The molecule has 3 aromatic heterocycles. The van der Waals surface area contributed by atoms with Crippen LogP contribution in [0.3, 0.4) is 0 Å². The van der Waals surface area contributed by atoms with Gasteiger partial charge in [0.1, 0.15) is 11.8 Å². The Morgan fingerprint density at radius 3 is 2.61 bits per heavy atom. The van der Waals surface area contributed by atoms with Crippen molar-refractivity contribution in [1.29, 1.82) is 0 Å². The molecule has 4 aromatic rings. The number of fused-ring (bicyclic) bond motifs is 1. The van der Waals surface area contributed by atoms with E-state index in [0.717, 1.165) is 10.8 Å². The zero-order chi connectivity index (χ0) is 23.8. The zero-order valence-electron chi connectivity index (χ0n) is 16.0. The number of benzene rings is 1. The van der Waals surface area contributed by atoms with E-state index >= 15 is 0 Å². The molecule has 1 aromatic carbocycles. The second kappa shape index (κ2) is 8.75. The van der Waals surface area contributed by atoms with Crippen LogP contribution in [0.2, 0.25) is 5.02 Å². The molecule has 9 nitrogen and oxygen atoms in total. The molecular weight excluding hydrogens is 533 g/mol. The van der Waals surface area contributed by atoms with E-state index in [-0.39, 0.29) is 17.4 Å². The molecule has 33 heavy (non-hydrogen) atoms. The van der Waals surface area contributed by atoms with Crippen molar-refractivity contribution in [2.75, 3.05) is 5.32 Å². The third-order valence-electron chi connectivity index (χ3n) is 4.26. The number of pyridine rings is 2. The number of aromatic nitrogens is 4. The lowest BCUT2D eigenvalue weighted by Gasteiger charge is -2.12. The quantitative estimate of drug-likeness (QED) is 0.231. The van der Waals surface area contributed by atoms with Gasteiger partial charge in [-0.1, -0.05) is 33.6 Å². The van der Waals surface area contributed by atoms with E-state index in [2.05, 4.69) is 41.2 Å². The van der Waals surface area contributed by atoms with E-state index in [0.29, 0.717) is 23.2 Å². The Morgan fingerprint density at radius 2 is 1.91 bits per heavy atom. The molecule has 0 atom stereocenters. The molecule has 168 valence electrons. The minimum atomic E-state index is -4.65. The molecule has 0 aliphatic heterocycles. The van der Waals surface area contributed by atoms with Crippen molar-refractivity contribution in [1.82, 2.24) is 19.9 Å². The highest BCUT2D eigenvalue weighted by Gasteiger charge is 2.32. The Balaban J connectivity index is 1.74. The number of nitrogens with zero attached hydrogens (tertiary/aromatic N) is 5. The summed E-state index contributed by atoms with van der Waals surface area (Å²) in [6, 6.07) is 7.36. The Bertz CT molecular complexity index is 1390. The molecule has 3 heterocycles. The molecule has 0 amide bonds. The fourth-order valence-corrected chi connectivity index (χ4v) is 3.45. The van der Waals surface area contributed by atoms with Crippen LogP contribution in [0.4, 0.5) is 30.5 Å². The third-order valence-corrected chi connectivity index (χ3v) is 5.24. The number of halogens is 5. The van der Waals surface area contributed by atoms with Gasteiger partial charge in [0.25, 0.3) is 0 Å². The molecule has 0 saturated carbocycles. The normalized spacial score (nSPS) is 11.4. The number of alkyl halides is 3. The number of ether oxygens (including phenoxy) is 1. The van der Waals surface area contributed by atoms with Crippen molar-refractivity contribution in [2.24, 2.45) is 0 Å². The van der Waals surface area contributed by atoms with Gasteiger partial charge in [0, 0.05) is 22.3 Å². The summed E-state index contributed by atoms with van der Waals surface area (Å²) in [7, 11) is 0. The maximum atomic E-state index is 12.8. The summed E-state index contributed by atoms with van der Waals surface area (Å²) >= 11 is 9.28. The van der Waals surface area contributed by atoms with Crippen molar-refractivity contribution in [3.63, 3.8) is 0 Å². The predicted octanol–water partition coefficient (Wildman–Crippen LogP) is 6.30. The molecule has 0 saturated heterocycles. The van der Waals surface area contributed by atoms with Crippen molar-refractivity contribution in [2.45, 2.75) is 6.18 Å². The van der Waals surface area contributed by atoms with Crippen LogP contribution in [-0.2, 0) is 6.18 Å². The zero-order valence-corrected chi connectivity index (χ0v) is 18.3. The highest BCUT2D eigenvalue weighted by molar-refractivity contribution is 9.10. The van der Waals surface area contributed by atoms with Gasteiger partial charge in [-0.15, -0.1) is 0 Å². The fourth-order valence-electron chi connectivity index (χ4n) is 2.79. The number of nitro groups is 1. The first-order valence-electron chi connectivity index (χ1n) is 8.85. The lowest BCUT2D eigenvalue weighted by Crippen LogP contribution is -2.08. The fraction of sp³-hybridized carbons (Fsp3) is 0.0526. The number of hydrogen-bond donors (Lipinski definition) is 1. The first-order chi connectivity index (χ1) is 15.6. The molecule has 0 fully saturated rings. The number of nitrogens with one attached hydrogen (secondary N) is 1. The summed E-state index contributed by atoms with van der Waals surface area (Å²) in [5.41, 5.74) is -1.34. The Morgan fingerprint density at radius 1 is 1.12 bits per heavy atom. The van der Waals surface area contributed by atoms with E-state index < -0.39 is 33.3 Å². The van der Waals surface area contributed by atoms with Gasteiger partial charge in [-0.25, -0.2) is 9.97 Å². The minimum absolute atomic E-state index is 0.187. The summed E-state index contributed by atoms with van der Waals surface area (Å²) < 4.78 is 44.9. The Kier molecular flexibility index (Phi) is 5.99. The average molecular weight is 542 g/mol. The summed E-state index contributed by atoms with van der Waals surface area (Å²) in [5, 5.41) is 14.5. The van der Waals surface area contributed by atoms with Crippen molar-refractivity contribution < 1.29 is 22.8 Å². The highest BCUT2D eigenvalue weighted by Crippen LogP contribution is 2.39. The van der Waals surface area contributed by atoms with Crippen molar-refractivity contribution in [3.8, 4) is 11.6 Å². The monoisotopic (exact) mass is 540 g/mol. The van der Waals surface area contributed by atoms with Crippen LogP contribution in [0, 0.1) is 10.1 Å². The second-order valence-corrected chi connectivity index (χ2v) is 7.62. The molecule has 4 rings (SSSR count). The lowest BCUT2D eigenvalue weighted by atomic mass is 10.2. The summed E-state index contributed by atoms with van der Waals surface area (Å²) in [6.07, 6.45) is -1.60. The van der Waals surface area contributed by atoms with Crippen LogP contribution in [0.1, 0.15) is 5.56 Å². The van der Waals surface area contributed by atoms with Crippen molar-refractivity contribution >= 4 is 55.8 Å². The molecule has 0 unspecified atom stereocenters. The van der Waals surface area contributed by atoms with Gasteiger partial charge < -0.3 is 10.1 Å². The maximum Gasteiger partial charge on any atom is 0.417 e. The summed E-state index contributed by atoms with van der Waals surface area (Å²) in [6.45, 7) is 0. The first-order valence-corrected chi connectivity index (χ1v) is 10.0. The van der Waals surface area contributed by atoms with Gasteiger partial charge >= 0.3 is 17.7 Å². The Labute approximate surface area is 195 Å². The third kappa shape index (κ3) is 4.64. The Hall–Kier alpha value is -3.58.